The Morgan fingerprint density at radius 2 is 2.12 bits per heavy atom. The predicted octanol–water partition coefficient (Wildman–Crippen LogP) is 3.50. The fraction of sp³-hybridized carbons (Fsp3) is 0.455. The van der Waals surface area contributed by atoms with Crippen molar-refractivity contribution < 1.29 is 9.53 Å². The number of rotatable bonds is 1. The number of ether oxygens (including phenoxy) is 1. The lowest BCUT2D eigenvalue weighted by Crippen LogP contribution is -2.27. The topological polar surface area (TPSA) is 51.2 Å². The number of carbonyl (C=O) groups excluding carboxylic acids is 1. The summed E-state index contributed by atoms with van der Waals surface area (Å²) in [5.41, 5.74) is 0.884. The van der Waals surface area contributed by atoms with Crippen molar-refractivity contribution >= 4 is 27.7 Å². The number of carbonyl (C=O) groups is 1. The molecule has 0 unspecified atom stereocenters. The van der Waals surface area contributed by atoms with Crippen LogP contribution in [0.5, 0.6) is 0 Å². The number of nitrogens with zero attached hydrogens (tertiary/aromatic N) is 1. The van der Waals surface area contributed by atoms with Gasteiger partial charge in [0.05, 0.1) is 11.4 Å². The van der Waals surface area contributed by atoms with Crippen LogP contribution in [0.1, 0.15) is 26.5 Å². The summed E-state index contributed by atoms with van der Waals surface area (Å²) in [5.74, 6) is 0. The van der Waals surface area contributed by atoms with Crippen LogP contribution >= 0.6 is 15.9 Å². The van der Waals surface area contributed by atoms with Crippen LogP contribution in [-0.4, -0.2) is 16.7 Å². The Labute approximate surface area is 104 Å². The van der Waals surface area contributed by atoms with Gasteiger partial charge in [-0.3, -0.25) is 10.3 Å². The van der Waals surface area contributed by atoms with Gasteiger partial charge in [0, 0.05) is 10.7 Å². The van der Waals surface area contributed by atoms with E-state index in [4.69, 9.17) is 4.74 Å². The van der Waals surface area contributed by atoms with Crippen LogP contribution in [0.2, 0.25) is 0 Å². The SMILES string of the molecule is Cc1ncc(Br)cc1NC(=O)OC(C)(C)C. The molecule has 0 aliphatic carbocycles. The van der Waals surface area contributed by atoms with E-state index in [0.29, 0.717) is 5.69 Å². The molecule has 0 spiro atoms. The smallest absolute Gasteiger partial charge is 0.412 e. The maximum Gasteiger partial charge on any atom is 0.412 e. The molecule has 1 heterocycles. The van der Waals surface area contributed by atoms with E-state index in [1.54, 1.807) is 12.3 Å². The molecule has 0 fully saturated rings. The number of halogens is 1. The first kappa shape index (κ1) is 13.0. The van der Waals surface area contributed by atoms with E-state index in [1.165, 1.54) is 0 Å². The molecule has 4 nitrogen and oxygen atoms in total. The molecular weight excluding hydrogens is 272 g/mol. The molecule has 16 heavy (non-hydrogen) atoms. The number of nitrogens with one attached hydrogen (secondary N) is 1. The van der Waals surface area contributed by atoms with Crippen LogP contribution < -0.4 is 5.32 Å². The highest BCUT2D eigenvalue weighted by Crippen LogP contribution is 2.19. The fourth-order valence-electron chi connectivity index (χ4n) is 1.05. The minimum atomic E-state index is -0.503. The number of aromatic nitrogens is 1. The first-order chi connectivity index (χ1) is 7.28. The summed E-state index contributed by atoms with van der Waals surface area (Å²) in [7, 11) is 0. The van der Waals surface area contributed by atoms with Gasteiger partial charge < -0.3 is 4.74 Å². The van der Waals surface area contributed by atoms with Crippen molar-refractivity contribution in [3.8, 4) is 0 Å². The standard InChI is InChI=1S/C11H15BrN2O2/c1-7-9(5-8(12)6-13-7)14-10(15)16-11(2,3)4/h5-6H,1-4H3,(H,14,15). The molecule has 0 saturated carbocycles. The van der Waals surface area contributed by atoms with Gasteiger partial charge in [-0.25, -0.2) is 4.79 Å². The maximum atomic E-state index is 11.5. The zero-order valence-corrected chi connectivity index (χ0v) is 11.4. The quantitative estimate of drug-likeness (QED) is 0.860. The molecular formula is C11H15BrN2O2. The Balaban J connectivity index is 2.73. The highest BCUT2D eigenvalue weighted by Gasteiger charge is 2.16. The molecule has 1 aromatic heterocycles. The summed E-state index contributed by atoms with van der Waals surface area (Å²) in [6.07, 6.45) is 1.20. The van der Waals surface area contributed by atoms with Crippen LogP contribution in [0.25, 0.3) is 0 Å². The molecule has 0 aliphatic rings. The third kappa shape index (κ3) is 4.18. The van der Waals surface area contributed by atoms with Crippen LogP contribution in [-0.2, 0) is 4.74 Å². The second-order valence-corrected chi connectivity index (χ2v) is 5.33. The van der Waals surface area contributed by atoms with Gasteiger partial charge in [-0.2, -0.15) is 0 Å². The van der Waals surface area contributed by atoms with Gasteiger partial charge in [0.2, 0.25) is 0 Å². The van der Waals surface area contributed by atoms with Gasteiger partial charge >= 0.3 is 6.09 Å². The minimum absolute atomic E-state index is 0.476. The van der Waals surface area contributed by atoms with Crippen molar-refractivity contribution in [2.24, 2.45) is 0 Å². The average molecular weight is 287 g/mol. The van der Waals surface area contributed by atoms with E-state index >= 15 is 0 Å². The van der Waals surface area contributed by atoms with Crippen molar-refractivity contribution in [3.05, 3.63) is 22.4 Å². The number of amides is 1. The number of pyridine rings is 1. The van der Waals surface area contributed by atoms with Gasteiger partial charge in [0.1, 0.15) is 5.60 Å². The van der Waals surface area contributed by atoms with E-state index in [9.17, 15) is 4.79 Å². The molecule has 1 aromatic rings. The van der Waals surface area contributed by atoms with Crippen LogP contribution in [0, 0.1) is 6.92 Å². The number of aryl methyl sites for hydroxylation is 1. The highest BCUT2D eigenvalue weighted by atomic mass is 79.9. The maximum absolute atomic E-state index is 11.5. The van der Waals surface area contributed by atoms with E-state index in [-0.39, 0.29) is 0 Å². The molecule has 88 valence electrons. The average Bonchev–Trinajstić information content (AvgIpc) is 2.08. The lowest BCUT2D eigenvalue weighted by atomic mass is 10.2. The van der Waals surface area contributed by atoms with Gasteiger partial charge in [0.25, 0.3) is 0 Å². The van der Waals surface area contributed by atoms with Crippen molar-refractivity contribution in [2.75, 3.05) is 5.32 Å². The van der Waals surface area contributed by atoms with Gasteiger partial charge in [-0.05, 0) is 49.7 Å². The number of anilines is 1. The first-order valence-corrected chi connectivity index (χ1v) is 5.69. The zero-order chi connectivity index (χ0) is 12.3. The number of hydrogen-bond acceptors (Lipinski definition) is 3. The molecule has 1 rings (SSSR count). The Morgan fingerprint density at radius 3 is 2.69 bits per heavy atom. The summed E-state index contributed by atoms with van der Waals surface area (Å²) < 4.78 is 5.95. The van der Waals surface area contributed by atoms with E-state index in [1.807, 2.05) is 27.7 Å². The summed E-state index contributed by atoms with van der Waals surface area (Å²) in [6.45, 7) is 7.27. The van der Waals surface area contributed by atoms with Crippen molar-refractivity contribution in [3.63, 3.8) is 0 Å². The van der Waals surface area contributed by atoms with Gasteiger partial charge in [-0.1, -0.05) is 0 Å². The molecule has 0 aromatic carbocycles. The largest absolute Gasteiger partial charge is 0.444 e. The predicted molar refractivity (Wildman–Crippen MR) is 66.5 cm³/mol. The first-order valence-electron chi connectivity index (χ1n) is 4.90. The van der Waals surface area contributed by atoms with E-state index in [0.717, 1.165) is 10.2 Å². The van der Waals surface area contributed by atoms with Crippen LogP contribution in [0.4, 0.5) is 10.5 Å². The highest BCUT2D eigenvalue weighted by molar-refractivity contribution is 9.10. The third-order valence-electron chi connectivity index (χ3n) is 1.69. The lowest BCUT2D eigenvalue weighted by Gasteiger charge is -2.20. The van der Waals surface area contributed by atoms with Gasteiger partial charge in [0.15, 0.2) is 0 Å². The molecule has 0 aliphatic heterocycles. The third-order valence-corrected chi connectivity index (χ3v) is 2.12. The second kappa shape index (κ2) is 4.82. The second-order valence-electron chi connectivity index (χ2n) is 4.41. The minimum Gasteiger partial charge on any atom is -0.444 e. The molecule has 0 saturated heterocycles. The molecule has 1 amide bonds. The normalized spacial score (nSPS) is 11.1. The lowest BCUT2D eigenvalue weighted by molar-refractivity contribution is 0.0635. The van der Waals surface area contributed by atoms with E-state index in [2.05, 4.69) is 26.2 Å². The monoisotopic (exact) mass is 286 g/mol. The molecule has 0 radical (unpaired) electrons. The summed E-state index contributed by atoms with van der Waals surface area (Å²) in [5, 5.41) is 2.65. The number of hydrogen-bond donors (Lipinski definition) is 1. The Bertz CT molecular complexity index is 399. The van der Waals surface area contributed by atoms with Crippen LogP contribution in [0.3, 0.4) is 0 Å². The molecule has 1 N–H and O–H groups in total. The van der Waals surface area contributed by atoms with E-state index < -0.39 is 11.7 Å². The molecule has 0 bridgehead atoms. The summed E-state index contributed by atoms with van der Waals surface area (Å²) in [6, 6.07) is 1.78. The summed E-state index contributed by atoms with van der Waals surface area (Å²) >= 11 is 3.29. The Morgan fingerprint density at radius 1 is 1.50 bits per heavy atom. The Hall–Kier alpha value is -1.10. The summed E-state index contributed by atoms with van der Waals surface area (Å²) in [4.78, 5) is 15.6. The zero-order valence-electron chi connectivity index (χ0n) is 9.80. The van der Waals surface area contributed by atoms with Gasteiger partial charge in [-0.15, -0.1) is 0 Å². The molecule has 0 atom stereocenters. The van der Waals surface area contributed by atoms with Crippen molar-refractivity contribution in [1.29, 1.82) is 0 Å². The molecule has 5 heteroatoms. The Kier molecular flexibility index (Phi) is 3.91. The van der Waals surface area contributed by atoms with Crippen molar-refractivity contribution in [2.45, 2.75) is 33.3 Å². The van der Waals surface area contributed by atoms with Crippen molar-refractivity contribution in [1.82, 2.24) is 4.98 Å². The van der Waals surface area contributed by atoms with Crippen LogP contribution in [0.15, 0.2) is 16.7 Å². The fourth-order valence-corrected chi connectivity index (χ4v) is 1.38.